The van der Waals surface area contributed by atoms with Crippen molar-refractivity contribution >= 4 is 27.7 Å². The van der Waals surface area contributed by atoms with Gasteiger partial charge in [0.2, 0.25) is 16.8 Å². The van der Waals surface area contributed by atoms with E-state index in [2.05, 4.69) is 11.8 Å². The van der Waals surface area contributed by atoms with E-state index in [1.54, 1.807) is 18.2 Å². The second-order valence-corrected chi connectivity index (χ2v) is 12.5. The lowest BCUT2D eigenvalue weighted by Gasteiger charge is -2.34. The van der Waals surface area contributed by atoms with E-state index in [0.29, 0.717) is 37.7 Å². The molecule has 0 bridgehead atoms. The van der Waals surface area contributed by atoms with Crippen LogP contribution in [0.15, 0.2) is 46.2 Å². The highest BCUT2D eigenvalue weighted by Gasteiger charge is 2.31. The highest BCUT2D eigenvalue weighted by molar-refractivity contribution is 7.98. The van der Waals surface area contributed by atoms with Crippen LogP contribution in [-0.4, -0.2) is 80.7 Å². The van der Waals surface area contributed by atoms with Crippen LogP contribution in [0, 0.1) is 5.92 Å². The second kappa shape index (κ2) is 10.6. The lowest BCUT2D eigenvalue weighted by molar-refractivity contribution is 0.0693. The van der Waals surface area contributed by atoms with E-state index in [0.717, 1.165) is 54.4 Å². The normalized spacial score (nSPS) is 19.6. The van der Waals surface area contributed by atoms with E-state index in [9.17, 15) is 13.2 Å². The molecular weight excluding hydrogens is 498 g/mol. The Balaban J connectivity index is 1.26. The molecule has 194 valence electrons. The van der Waals surface area contributed by atoms with Crippen molar-refractivity contribution in [1.29, 1.82) is 0 Å². The molecule has 2 fully saturated rings. The number of piperazine rings is 1. The Morgan fingerprint density at radius 3 is 2.42 bits per heavy atom. The standard InChI is InChI=1S/C26H33N3O5S2/c1-19-7-9-28(10-8-19)26(30)22-16-21(4-6-25(22)35-2)36(31,32)29-13-11-27(12-14-29)17-20-3-5-23-24(15-20)34-18-33-23/h3-6,15-16,19H,7-14,17-18H2,1-2H3. The Labute approximate surface area is 217 Å². The maximum Gasteiger partial charge on any atom is 0.255 e. The zero-order valence-electron chi connectivity index (χ0n) is 20.8. The molecule has 2 aromatic carbocycles. The summed E-state index contributed by atoms with van der Waals surface area (Å²) in [4.78, 5) is 18.4. The molecule has 2 saturated heterocycles. The summed E-state index contributed by atoms with van der Waals surface area (Å²) in [6, 6.07) is 10.9. The van der Waals surface area contributed by atoms with Gasteiger partial charge in [-0.1, -0.05) is 13.0 Å². The van der Waals surface area contributed by atoms with Crippen molar-refractivity contribution in [2.45, 2.75) is 36.1 Å². The maximum absolute atomic E-state index is 13.5. The van der Waals surface area contributed by atoms with Crippen LogP contribution in [0.25, 0.3) is 0 Å². The molecule has 0 unspecified atom stereocenters. The van der Waals surface area contributed by atoms with Crippen LogP contribution in [0.5, 0.6) is 11.5 Å². The summed E-state index contributed by atoms with van der Waals surface area (Å²) in [5.74, 6) is 2.06. The van der Waals surface area contributed by atoms with Crippen molar-refractivity contribution < 1.29 is 22.7 Å². The first-order valence-electron chi connectivity index (χ1n) is 12.4. The lowest BCUT2D eigenvalue weighted by atomic mass is 9.98. The smallest absolute Gasteiger partial charge is 0.255 e. The first-order valence-corrected chi connectivity index (χ1v) is 15.1. The van der Waals surface area contributed by atoms with Crippen LogP contribution in [-0.2, 0) is 16.6 Å². The minimum absolute atomic E-state index is 0.0724. The Hall–Kier alpha value is -2.27. The van der Waals surface area contributed by atoms with Gasteiger partial charge in [0.05, 0.1) is 10.5 Å². The number of benzene rings is 2. The van der Waals surface area contributed by atoms with E-state index in [1.165, 1.54) is 16.1 Å². The number of thioether (sulfide) groups is 1. The number of likely N-dealkylation sites (tertiary alicyclic amines) is 1. The third kappa shape index (κ3) is 5.22. The number of rotatable bonds is 6. The van der Waals surface area contributed by atoms with Gasteiger partial charge in [0, 0.05) is 50.7 Å². The van der Waals surface area contributed by atoms with E-state index in [4.69, 9.17) is 9.47 Å². The summed E-state index contributed by atoms with van der Waals surface area (Å²) in [7, 11) is -3.70. The first kappa shape index (κ1) is 25.4. The Morgan fingerprint density at radius 2 is 1.69 bits per heavy atom. The maximum atomic E-state index is 13.5. The largest absolute Gasteiger partial charge is 0.454 e. The van der Waals surface area contributed by atoms with Crippen LogP contribution >= 0.6 is 11.8 Å². The topological polar surface area (TPSA) is 79.4 Å². The van der Waals surface area contributed by atoms with Crippen molar-refractivity contribution in [1.82, 2.24) is 14.1 Å². The monoisotopic (exact) mass is 531 g/mol. The van der Waals surface area contributed by atoms with Crippen molar-refractivity contribution in [3.63, 3.8) is 0 Å². The number of nitrogens with zero attached hydrogens (tertiary/aromatic N) is 3. The van der Waals surface area contributed by atoms with Crippen LogP contribution in [0.3, 0.4) is 0 Å². The number of hydrogen-bond acceptors (Lipinski definition) is 7. The summed E-state index contributed by atoms with van der Waals surface area (Å²) in [5, 5.41) is 0. The number of amides is 1. The molecule has 0 aliphatic carbocycles. The average molecular weight is 532 g/mol. The summed E-state index contributed by atoms with van der Waals surface area (Å²) in [6.07, 6.45) is 3.88. The molecule has 0 saturated carbocycles. The quantitative estimate of drug-likeness (QED) is 0.528. The minimum atomic E-state index is -3.70. The summed E-state index contributed by atoms with van der Waals surface area (Å²) in [6.45, 7) is 6.69. The van der Waals surface area contributed by atoms with Crippen LogP contribution in [0.2, 0.25) is 0 Å². The summed E-state index contributed by atoms with van der Waals surface area (Å²) >= 11 is 1.47. The molecule has 0 atom stereocenters. The highest BCUT2D eigenvalue weighted by Crippen LogP contribution is 2.33. The fourth-order valence-electron chi connectivity index (χ4n) is 4.97. The molecule has 3 heterocycles. The number of piperidine rings is 1. The Morgan fingerprint density at radius 1 is 0.972 bits per heavy atom. The molecule has 0 radical (unpaired) electrons. The minimum Gasteiger partial charge on any atom is -0.454 e. The van der Waals surface area contributed by atoms with Crippen LogP contribution in [0.4, 0.5) is 0 Å². The van der Waals surface area contributed by atoms with Crippen molar-refractivity contribution in [2.24, 2.45) is 5.92 Å². The van der Waals surface area contributed by atoms with Crippen LogP contribution in [0.1, 0.15) is 35.7 Å². The molecule has 0 aromatic heterocycles. The lowest BCUT2D eigenvalue weighted by Crippen LogP contribution is -2.48. The van der Waals surface area contributed by atoms with E-state index < -0.39 is 10.0 Å². The van der Waals surface area contributed by atoms with Gasteiger partial charge in [0.25, 0.3) is 5.91 Å². The molecule has 1 amide bonds. The summed E-state index contributed by atoms with van der Waals surface area (Å²) in [5.41, 5.74) is 1.60. The van der Waals surface area contributed by atoms with E-state index >= 15 is 0 Å². The predicted molar refractivity (Wildman–Crippen MR) is 139 cm³/mol. The third-order valence-electron chi connectivity index (χ3n) is 7.28. The fourth-order valence-corrected chi connectivity index (χ4v) is 6.99. The predicted octanol–water partition coefficient (Wildman–Crippen LogP) is 3.52. The summed E-state index contributed by atoms with van der Waals surface area (Å²) < 4.78 is 39.4. The molecule has 8 nitrogen and oxygen atoms in total. The zero-order valence-corrected chi connectivity index (χ0v) is 22.4. The van der Waals surface area contributed by atoms with Gasteiger partial charge in [-0.05, 0) is 60.9 Å². The van der Waals surface area contributed by atoms with Crippen molar-refractivity contribution in [3.8, 4) is 11.5 Å². The second-order valence-electron chi connectivity index (χ2n) is 9.70. The molecule has 10 heteroatoms. The first-order chi connectivity index (χ1) is 17.3. The van der Waals surface area contributed by atoms with Gasteiger partial charge in [0.15, 0.2) is 11.5 Å². The van der Waals surface area contributed by atoms with E-state index in [1.807, 2.05) is 29.4 Å². The molecule has 3 aliphatic rings. The van der Waals surface area contributed by atoms with Gasteiger partial charge in [0.1, 0.15) is 0 Å². The molecule has 5 rings (SSSR count). The van der Waals surface area contributed by atoms with Gasteiger partial charge in [-0.25, -0.2) is 8.42 Å². The van der Waals surface area contributed by atoms with E-state index in [-0.39, 0.29) is 17.6 Å². The van der Waals surface area contributed by atoms with Crippen molar-refractivity contribution in [3.05, 3.63) is 47.5 Å². The van der Waals surface area contributed by atoms with Gasteiger partial charge < -0.3 is 14.4 Å². The third-order valence-corrected chi connectivity index (χ3v) is 9.97. The molecule has 36 heavy (non-hydrogen) atoms. The van der Waals surface area contributed by atoms with Gasteiger partial charge in [-0.3, -0.25) is 9.69 Å². The van der Waals surface area contributed by atoms with Gasteiger partial charge in [-0.15, -0.1) is 11.8 Å². The fraction of sp³-hybridized carbons (Fsp3) is 0.500. The zero-order chi connectivity index (χ0) is 25.3. The Kier molecular flexibility index (Phi) is 7.48. The number of hydrogen-bond donors (Lipinski definition) is 0. The molecular formula is C26H33N3O5S2. The number of ether oxygens (including phenoxy) is 2. The molecule has 2 aromatic rings. The van der Waals surface area contributed by atoms with Gasteiger partial charge in [-0.2, -0.15) is 4.31 Å². The Bertz CT molecular complexity index is 1220. The SMILES string of the molecule is CSc1ccc(S(=O)(=O)N2CCN(Cc3ccc4c(c3)OCO4)CC2)cc1C(=O)N1CCC(C)CC1. The van der Waals surface area contributed by atoms with Crippen molar-refractivity contribution in [2.75, 3.05) is 52.3 Å². The number of carbonyl (C=O) groups is 1. The molecule has 3 aliphatic heterocycles. The number of sulfonamides is 1. The van der Waals surface area contributed by atoms with Gasteiger partial charge >= 0.3 is 0 Å². The molecule has 0 spiro atoms. The highest BCUT2D eigenvalue weighted by atomic mass is 32.2. The average Bonchev–Trinajstić information content (AvgIpc) is 3.36. The van der Waals surface area contributed by atoms with Crippen LogP contribution < -0.4 is 9.47 Å². The number of carbonyl (C=O) groups excluding carboxylic acids is 1. The number of fused-ring (bicyclic) bond motifs is 1. The molecule has 0 N–H and O–H groups in total.